The quantitative estimate of drug-likeness (QED) is 0.576. The van der Waals surface area contributed by atoms with Gasteiger partial charge < -0.3 is 25.0 Å². The molecular weight excluding hydrogens is 410 g/mol. The van der Waals surface area contributed by atoms with Gasteiger partial charge in [-0.2, -0.15) is 0 Å². The minimum absolute atomic E-state index is 0.0947. The molecule has 2 fully saturated rings. The molecule has 2 aliphatic carbocycles. The number of phenolic OH excluding ortho intramolecular Hbond substituents is 1. The number of aliphatic hydroxyl groups excluding tert-OH is 1. The van der Waals surface area contributed by atoms with Gasteiger partial charge in [-0.3, -0.25) is 9.59 Å². The van der Waals surface area contributed by atoms with Gasteiger partial charge >= 0.3 is 5.97 Å². The molecule has 7 nitrogen and oxygen atoms in total. The SMILES string of the molecule is CC(=O)O[C@H]1C[C@@]2(C)[C@H](CC[C@H](C)[C@@]23Cc2c(O)cc4c(c2O3)CNC4=O)C(C)(C)[C@@H]1O. The Bertz CT molecular complexity index is 1020. The molecular formula is C25H33NO6. The molecule has 1 aromatic carbocycles. The third kappa shape index (κ3) is 2.57. The Morgan fingerprint density at radius 1 is 1.25 bits per heavy atom. The molecule has 0 bridgehead atoms. The number of benzene rings is 1. The van der Waals surface area contributed by atoms with Crippen LogP contribution in [0.15, 0.2) is 6.07 Å². The second-order valence-corrected chi connectivity index (χ2v) is 11.1. The van der Waals surface area contributed by atoms with E-state index >= 15 is 0 Å². The maximum atomic E-state index is 12.3. The molecule has 1 spiro atoms. The van der Waals surface area contributed by atoms with Crippen molar-refractivity contribution in [2.24, 2.45) is 22.7 Å². The van der Waals surface area contributed by atoms with Crippen LogP contribution in [0, 0.1) is 22.7 Å². The lowest BCUT2D eigenvalue weighted by molar-refractivity contribution is -0.245. The largest absolute Gasteiger partial charge is 0.508 e. The summed E-state index contributed by atoms with van der Waals surface area (Å²) in [5.41, 5.74) is 0.500. The molecule has 0 aromatic heterocycles. The number of hydrogen-bond donors (Lipinski definition) is 3. The molecule has 174 valence electrons. The number of nitrogens with one attached hydrogen (secondary N) is 1. The summed E-state index contributed by atoms with van der Waals surface area (Å²) in [6.45, 7) is 10.3. The number of fused-ring (bicyclic) bond motifs is 5. The summed E-state index contributed by atoms with van der Waals surface area (Å²) in [6.07, 6.45) is 1.50. The normalized spacial score (nSPS) is 39.0. The average molecular weight is 444 g/mol. The molecule has 2 saturated carbocycles. The molecule has 3 N–H and O–H groups in total. The average Bonchev–Trinajstić information content (AvgIpc) is 3.27. The van der Waals surface area contributed by atoms with Crippen LogP contribution in [0.1, 0.15) is 75.4 Å². The molecule has 6 atom stereocenters. The van der Waals surface area contributed by atoms with Crippen molar-refractivity contribution in [1.82, 2.24) is 5.32 Å². The third-order valence-corrected chi connectivity index (χ3v) is 9.23. The van der Waals surface area contributed by atoms with Gasteiger partial charge in [-0.25, -0.2) is 0 Å². The van der Waals surface area contributed by atoms with Gasteiger partial charge in [-0.1, -0.05) is 27.7 Å². The van der Waals surface area contributed by atoms with Crippen molar-refractivity contribution in [3.63, 3.8) is 0 Å². The number of amides is 1. The van der Waals surface area contributed by atoms with Crippen LogP contribution in [-0.4, -0.2) is 39.9 Å². The van der Waals surface area contributed by atoms with Crippen LogP contribution in [0.3, 0.4) is 0 Å². The maximum Gasteiger partial charge on any atom is 0.302 e. The highest BCUT2D eigenvalue weighted by atomic mass is 16.6. The van der Waals surface area contributed by atoms with E-state index in [4.69, 9.17) is 9.47 Å². The smallest absolute Gasteiger partial charge is 0.302 e. The van der Waals surface area contributed by atoms with Crippen molar-refractivity contribution in [3.05, 3.63) is 22.8 Å². The Labute approximate surface area is 188 Å². The number of carbonyl (C=O) groups excluding carboxylic acids is 2. The molecule has 0 saturated heterocycles. The number of carbonyl (C=O) groups is 2. The molecule has 4 aliphatic rings. The Hall–Kier alpha value is -2.28. The zero-order chi connectivity index (χ0) is 23.2. The van der Waals surface area contributed by atoms with Crippen LogP contribution in [0.5, 0.6) is 11.5 Å². The van der Waals surface area contributed by atoms with Gasteiger partial charge in [0.05, 0.1) is 11.7 Å². The second kappa shape index (κ2) is 6.62. The Kier molecular flexibility index (Phi) is 4.46. The highest BCUT2D eigenvalue weighted by Crippen LogP contribution is 2.67. The van der Waals surface area contributed by atoms with Gasteiger partial charge in [0.2, 0.25) is 0 Å². The Morgan fingerprint density at radius 2 is 1.97 bits per heavy atom. The van der Waals surface area contributed by atoms with Gasteiger partial charge in [0.15, 0.2) is 0 Å². The van der Waals surface area contributed by atoms with Crippen molar-refractivity contribution in [2.75, 3.05) is 0 Å². The molecule has 7 heteroatoms. The van der Waals surface area contributed by atoms with Gasteiger partial charge in [0.25, 0.3) is 5.91 Å². The predicted molar refractivity (Wildman–Crippen MR) is 116 cm³/mol. The molecule has 2 aliphatic heterocycles. The number of esters is 1. The Morgan fingerprint density at radius 3 is 2.66 bits per heavy atom. The fourth-order valence-electron chi connectivity index (χ4n) is 7.61. The summed E-state index contributed by atoms with van der Waals surface area (Å²) in [7, 11) is 0. The number of phenols is 1. The number of hydrogen-bond acceptors (Lipinski definition) is 6. The summed E-state index contributed by atoms with van der Waals surface area (Å²) >= 11 is 0. The molecule has 1 amide bonds. The van der Waals surface area contributed by atoms with E-state index in [1.807, 2.05) is 0 Å². The standard InChI is InChI=1S/C25H33NO6/c1-12-6-7-19-23(3,4)21(29)18(31-13(2)27)10-24(19,5)25(12)9-15-17(28)8-14-16(20(15)32-25)11-26-22(14)30/h8,12,18-19,21,28-29H,6-7,9-11H2,1-5H3,(H,26,30)/t12-,18-,19+,21+,24-,25-/m0/s1. The van der Waals surface area contributed by atoms with Gasteiger partial charge in [-0.15, -0.1) is 0 Å². The van der Waals surface area contributed by atoms with Crippen LogP contribution in [0.4, 0.5) is 0 Å². The summed E-state index contributed by atoms with van der Waals surface area (Å²) < 4.78 is 12.5. The van der Waals surface area contributed by atoms with E-state index in [-0.39, 0.29) is 23.5 Å². The summed E-state index contributed by atoms with van der Waals surface area (Å²) in [5.74, 6) is 0.440. The Balaban J connectivity index is 1.64. The van der Waals surface area contributed by atoms with E-state index in [9.17, 15) is 19.8 Å². The highest BCUT2D eigenvalue weighted by Gasteiger charge is 2.69. The molecule has 0 radical (unpaired) electrons. The first-order valence-electron chi connectivity index (χ1n) is 11.6. The monoisotopic (exact) mass is 443 g/mol. The van der Waals surface area contributed by atoms with E-state index in [2.05, 4.69) is 33.0 Å². The van der Waals surface area contributed by atoms with Crippen molar-refractivity contribution in [2.45, 2.75) is 84.7 Å². The lowest BCUT2D eigenvalue weighted by Crippen LogP contribution is -2.69. The summed E-state index contributed by atoms with van der Waals surface area (Å²) in [5, 5.41) is 24.8. The minimum atomic E-state index is -0.766. The van der Waals surface area contributed by atoms with Gasteiger partial charge in [0, 0.05) is 36.4 Å². The molecule has 2 heterocycles. The van der Waals surface area contributed by atoms with E-state index in [1.54, 1.807) is 6.07 Å². The summed E-state index contributed by atoms with van der Waals surface area (Å²) in [4.78, 5) is 24.1. The van der Waals surface area contributed by atoms with E-state index in [0.717, 1.165) is 24.0 Å². The fourth-order valence-corrected chi connectivity index (χ4v) is 7.61. The number of aromatic hydroxyl groups is 1. The zero-order valence-electron chi connectivity index (χ0n) is 19.4. The first-order chi connectivity index (χ1) is 14.9. The van der Waals surface area contributed by atoms with Crippen molar-refractivity contribution in [3.8, 4) is 11.5 Å². The van der Waals surface area contributed by atoms with Crippen LogP contribution in [0.2, 0.25) is 0 Å². The minimum Gasteiger partial charge on any atom is -0.508 e. The van der Waals surface area contributed by atoms with Crippen LogP contribution in [0.25, 0.3) is 0 Å². The topological polar surface area (TPSA) is 105 Å². The molecule has 32 heavy (non-hydrogen) atoms. The van der Waals surface area contributed by atoms with E-state index in [1.165, 1.54) is 6.92 Å². The van der Waals surface area contributed by atoms with Crippen molar-refractivity contribution >= 4 is 11.9 Å². The molecule has 0 unspecified atom stereocenters. The van der Waals surface area contributed by atoms with Crippen LogP contribution < -0.4 is 10.1 Å². The molecule has 5 rings (SSSR count). The lowest BCUT2D eigenvalue weighted by Gasteiger charge is -2.65. The third-order valence-electron chi connectivity index (χ3n) is 9.23. The second-order valence-electron chi connectivity index (χ2n) is 11.1. The first-order valence-corrected chi connectivity index (χ1v) is 11.6. The number of ether oxygens (including phenoxy) is 2. The zero-order valence-corrected chi connectivity index (χ0v) is 19.4. The van der Waals surface area contributed by atoms with Gasteiger partial charge in [0.1, 0.15) is 23.2 Å². The van der Waals surface area contributed by atoms with E-state index < -0.39 is 34.6 Å². The fraction of sp³-hybridized carbons (Fsp3) is 0.680. The van der Waals surface area contributed by atoms with Crippen LogP contribution >= 0.6 is 0 Å². The number of rotatable bonds is 1. The van der Waals surface area contributed by atoms with Gasteiger partial charge in [-0.05, 0) is 42.6 Å². The van der Waals surface area contributed by atoms with Crippen molar-refractivity contribution < 1.29 is 29.3 Å². The maximum absolute atomic E-state index is 12.3. The highest BCUT2D eigenvalue weighted by molar-refractivity contribution is 6.00. The molecule has 1 aromatic rings. The van der Waals surface area contributed by atoms with Crippen molar-refractivity contribution in [1.29, 1.82) is 0 Å². The van der Waals surface area contributed by atoms with E-state index in [0.29, 0.717) is 30.7 Å². The first kappa shape index (κ1) is 21.6. The lowest BCUT2D eigenvalue weighted by atomic mass is 9.43. The number of aliphatic hydroxyl groups is 1. The van der Waals surface area contributed by atoms with Crippen LogP contribution in [-0.2, 0) is 22.5 Å². The summed E-state index contributed by atoms with van der Waals surface area (Å²) in [6, 6.07) is 1.56. The predicted octanol–water partition coefficient (Wildman–Crippen LogP) is 3.08.